The second-order valence-corrected chi connectivity index (χ2v) is 6.96. The molecular formula is C16H29NO5. The van der Waals surface area contributed by atoms with Gasteiger partial charge >= 0.3 is 11.9 Å². The van der Waals surface area contributed by atoms with Crippen molar-refractivity contribution in [1.29, 1.82) is 0 Å². The lowest BCUT2D eigenvalue weighted by molar-refractivity contribution is -0.149. The number of ether oxygens (including phenoxy) is 1. The van der Waals surface area contributed by atoms with E-state index in [1.807, 2.05) is 0 Å². The Kier molecular flexibility index (Phi) is 8.94. The van der Waals surface area contributed by atoms with Crippen molar-refractivity contribution in [3.63, 3.8) is 0 Å². The van der Waals surface area contributed by atoms with E-state index in [4.69, 9.17) is 15.6 Å². The molecule has 6 heteroatoms. The van der Waals surface area contributed by atoms with Crippen LogP contribution in [0.25, 0.3) is 0 Å². The van der Waals surface area contributed by atoms with Gasteiger partial charge in [0.15, 0.2) is 0 Å². The highest BCUT2D eigenvalue weighted by molar-refractivity contribution is 5.84. The zero-order valence-corrected chi connectivity index (χ0v) is 14.1. The largest absolute Gasteiger partial charge is 0.480 e. The highest BCUT2D eigenvalue weighted by Gasteiger charge is 2.20. The minimum atomic E-state index is -1.13. The van der Waals surface area contributed by atoms with Crippen LogP contribution in [0.5, 0.6) is 0 Å². The molecule has 0 amide bonds. The Balaban J connectivity index is 3.94. The van der Waals surface area contributed by atoms with Crippen molar-refractivity contribution >= 4 is 17.7 Å². The fraction of sp³-hybridized carbons (Fsp3) is 0.812. The van der Waals surface area contributed by atoms with E-state index < -0.39 is 17.9 Å². The molecule has 128 valence electrons. The Morgan fingerprint density at radius 2 is 1.82 bits per heavy atom. The van der Waals surface area contributed by atoms with Crippen LogP contribution in [0.1, 0.15) is 59.8 Å². The second-order valence-electron chi connectivity index (χ2n) is 6.96. The van der Waals surface area contributed by atoms with E-state index in [1.165, 1.54) is 0 Å². The first-order chi connectivity index (χ1) is 10.0. The van der Waals surface area contributed by atoms with Crippen LogP contribution in [-0.2, 0) is 19.1 Å². The molecule has 22 heavy (non-hydrogen) atoms. The van der Waals surface area contributed by atoms with Gasteiger partial charge in [0.05, 0.1) is 12.5 Å². The molecule has 0 aliphatic rings. The molecule has 2 atom stereocenters. The van der Waals surface area contributed by atoms with Crippen LogP contribution in [0.3, 0.4) is 0 Å². The first-order valence-corrected chi connectivity index (χ1v) is 7.69. The van der Waals surface area contributed by atoms with Crippen LogP contribution in [0.4, 0.5) is 0 Å². The Morgan fingerprint density at radius 1 is 1.23 bits per heavy atom. The predicted octanol–water partition coefficient (Wildman–Crippen LogP) is 2.14. The Bertz CT molecular complexity index is 386. The molecule has 2 unspecified atom stereocenters. The SMILES string of the molecule is CC(CC(=O)CCC(N)C(=O)O)C(=O)OCCCC(C)(C)C. The molecule has 0 fully saturated rings. The summed E-state index contributed by atoms with van der Waals surface area (Å²) in [6.45, 7) is 8.37. The number of aliphatic carboxylic acids is 1. The summed E-state index contributed by atoms with van der Waals surface area (Å²) in [5.74, 6) is -2.19. The average Bonchev–Trinajstić information content (AvgIpc) is 2.39. The standard InChI is InChI=1S/C16H29NO5/c1-11(10-12(18)6-7-13(17)14(19)20)15(21)22-9-5-8-16(2,3)4/h11,13H,5-10,17H2,1-4H3,(H,19,20). The van der Waals surface area contributed by atoms with E-state index in [0.29, 0.717) is 6.61 Å². The molecule has 0 saturated heterocycles. The highest BCUT2D eigenvalue weighted by Crippen LogP contribution is 2.20. The van der Waals surface area contributed by atoms with Crippen molar-refractivity contribution in [3.8, 4) is 0 Å². The molecule has 0 aromatic heterocycles. The molecule has 0 bridgehead atoms. The lowest BCUT2D eigenvalue weighted by Gasteiger charge is -2.18. The topological polar surface area (TPSA) is 107 Å². The number of nitrogens with two attached hydrogens (primary N) is 1. The predicted molar refractivity (Wildman–Crippen MR) is 83.3 cm³/mol. The first-order valence-electron chi connectivity index (χ1n) is 7.69. The number of Topliss-reactive ketones (excluding diaryl/α,β-unsaturated/α-hetero) is 1. The maximum absolute atomic E-state index is 11.8. The van der Waals surface area contributed by atoms with Gasteiger partial charge in [-0.15, -0.1) is 0 Å². The summed E-state index contributed by atoms with van der Waals surface area (Å²) in [4.78, 5) is 34.0. The molecular weight excluding hydrogens is 286 g/mol. The van der Waals surface area contributed by atoms with Crippen LogP contribution in [0.15, 0.2) is 0 Å². The minimum Gasteiger partial charge on any atom is -0.480 e. The summed E-state index contributed by atoms with van der Waals surface area (Å²) < 4.78 is 5.15. The molecule has 0 aliphatic heterocycles. The van der Waals surface area contributed by atoms with E-state index in [0.717, 1.165) is 12.8 Å². The van der Waals surface area contributed by atoms with Gasteiger partial charge in [-0.05, 0) is 24.7 Å². The van der Waals surface area contributed by atoms with Crippen LogP contribution in [-0.4, -0.2) is 35.5 Å². The fourth-order valence-corrected chi connectivity index (χ4v) is 1.88. The van der Waals surface area contributed by atoms with Crippen LogP contribution < -0.4 is 5.73 Å². The fourth-order valence-electron chi connectivity index (χ4n) is 1.88. The Hall–Kier alpha value is -1.43. The van der Waals surface area contributed by atoms with Gasteiger partial charge < -0.3 is 15.6 Å². The van der Waals surface area contributed by atoms with Crippen molar-refractivity contribution in [3.05, 3.63) is 0 Å². The molecule has 3 N–H and O–H groups in total. The quantitative estimate of drug-likeness (QED) is 0.472. The van der Waals surface area contributed by atoms with Crippen molar-refractivity contribution in [2.45, 2.75) is 65.8 Å². The summed E-state index contributed by atoms with van der Waals surface area (Å²) >= 11 is 0. The van der Waals surface area contributed by atoms with Crippen molar-refractivity contribution in [1.82, 2.24) is 0 Å². The van der Waals surface area contributed by atoms with Gasteiger partial charge in [-0.3, -0.25) is 14.4 Å². The summed E-state index contributed by atoms with van der Waals surface area (Å²) in [5.41, 5.74) is 5.53. The number of ketones is 1. The number of carboxylic acid groups (broad SMARTS) is 1. The second kappa shape index (κ2) is 9.56. The number of rotatable bonds is 10. The molecule has 6 nitrogen and oxygen atoms in total. The third kappa shape index (κ3) is 10.3. The zero-order chi connectivity index (χ0) is 17.3. The molecule has 0 aromatic rings. The maximum atomic E-state index is 11.8. The van der Waals surface area contributed by atoms with Crippen LogP contribution in [0.2, 0.25) is 0 Å². The Labute approximate surface area is 132 Å². The third-order valence-corrected chi connectivity index (χ3v) is 3.30. The highest BCUT2D eigenvalue weighted by atomic mass is 16.5. The van der Waals surface area contributed by atoms with Gasteiger partial charge in [-0.25, -0.2) is 0 Å². The monoisotopic (exact) mass is 315 g/mol. The minimum absolute atomic E-state index is 0.0600. The lowest BCUT2D eigenvalue weighted by Crippen LogP contribution is -2.30. The van der Waals surface area contributed by atoms with Crippen molar-refractivity contribution in [2.24, 2.45) is 17.1 Å². The zero-order valence-electron chi connectivity index (χ0n) is 14.1. The molecule has 0 heterocycles. The van der Waals surface area contributed by atoms with E-state index >= 15 is 0 Å². The van der Waals surface area contributed by atoms with Gasteiger partial charge in [0.2, 0.25) is 0 Å². The van der Waals surface area contributed by atoms with Crippen LogP contribution >= 0.6 is 0 Å². The maximum Gasteiger partial charge on any atom is 0.320 e. The number of carbonyl (C=O) groups is 3. The average molecular weight is 315 g/mol. The molecule has 0 radical (unpaired) electrons. The van der Waals surface area contributed by atoms with Gasteiger partial charge in [-0.1, -0.05) is 27.7 Å². The normalized spacial score (nSPS) is 14.2. The molecule has 0 saturated carbocycles. The van der Waals surface area contributed by atoms with E-state index in [9.17, 15) is 14.4 Å². The summed E-state index contributed by atoms with van der Waals surface area (Å²) in [6, 6.07) is -1.04. The molecule has 0 aromatic carbocycles. The lowest BCUT2D eigenvalue weighted by atomic mass is 9.91. The van der Waals surface area contributed by atoms with E-state index in [2.05, 4.69) is 20.8 Å². The Morgan fingerprint density at radius 3 is 2.32 bits per heavy atom. The number of carbonyl (C=O) groups excluding carboxylic acids is 2. The number of carboxylic acids is 1. The van der Waals surface area contributed by atoms with E-state index in [-0.39, 0.29) is 36.4 Å². The number of esters is 1. The van der Waals surface area contributed by atoms with Gasteiger partial charge in [-0.2, -0.15) is 0 Å². The summed E-state index contributed by atoms with van der Waals surface area (Å²) in [5, 5.41) is 8.63. The smallest absolute Gasteiger partial charge is 0.320 e. The number of hydrogen-bond acceptors (Lipinski definition) is 5. The molecule has 0 aliphatic carbocycles. The van der Waals surface area contributed by atoms with Gasteiger partial charge in [0.25, 0.3) is 0 Å². The summed E-state index contributed by atoms with van der Waals surface area (Å²) in [7, 11) is 0. The summed E-state index contributed by atoms with van der Waals surface area (Å²) in [6.07, 6.45) is 1.96. The number of hydrogen-bond donors (Lipinski definition) is 2. The van der Waals surface area contributed by atoms with Gasteiger partial charge in [0, 0.05) is 12.8 Å². The van der Waals surface area contributed by atoms with Crippen molar-refractivity contribution < 1.29 is 24.2 Å². The van der Waals surface area contributed by atoms with E-state index in [1.54, 1.807) is 6.92 Å². The third-order valence-electron chi connectivity index (χ3n) is 3.30. The molecule has 0 rings (SSSR count). The first kappa shape index (κ1) is 20.6. The van der Waals surface area contributed by atoms with Crippen molar-refractivity contribution in [2.75, 3.05) is 6.61 Å². The molecule has 0 spiro atoms. The van der Waals surface area contributed by atoms with Crippen LogP contribution in [0, 0.1) is 11.3 Å². The van der Waals surface area contributed by atoms with Gasteiger partial charge in [0.1, 0.15) is 11.8 Å².